The lowest BCUT2D eigenvalue weighted by molar-refractivity contribution is -0.119. The van der Waals surface area contributed by atoms with Crippen LogP contribution in [0.3, 0.4) is 0 Å². The van der Waals surface area contributed by atoms with Crippen LogP contribution in [0.15, 0.2) is 54.6 Å². The predicted molar refractivity (Wildman–Crippen MR) is 99.0 cm³/mol. The van der Waals surface area contributed by atoms with E-state index in [0.29, 0.717) is 5.92 Å². The largest absolute Gasteiger partial charge is 0.326 e. The van der Waals surface area contributed by atoms with Gasteiger partial charge in [0.2, 0.25) is 5.91 Å². The molecule has 0 bridgehead atoms. The number of benzene rings is 2. The fourth-order valence-electron chi connectivity index (χ4n) is 3.38. The minimum Gasteiger partial charge on any atom is -0.326 e. The number of nitrogens with one attached hydrogen (secondary N) is 1. The van der Waals surface area contributed by atoms with Gasteiger partial charge in [-0.25, -0.2) is 0 Å². The van der Waals surface area contributed by atoms with Crippen molar-refractivity contribution in [3.63, 3.8) is 0 Å². The highest BCUT2D eigenvalue weighted by molar-refractivity contribution is 5.93. The van der Waals surface area contributed by atoms with E-state index >= 15 is 0 Å². The van der Waals surface area contributed by atoms with Crippen LogP contribution in [-0.2, 0) is 11.3 Å². The van der Waals surface area contributed by atoms with E-state index in [0.717, 1.165) is 31.7 Å². The quantitative estimate of drug-likeness (QED) is 0.891. The summed E-state index contributed by atoms with van der Waals surface area (Å²) in [6, 6.07) is 18.6. The molecule has 1 N–H and O–H groups in total. The second-order valence-electron chi connectivity index (χ2n) is 6.94. The molecule has 2 aromatic carbocycles. The second-order valence-corrected chi connectivity index (χ2v) is 6.94. The average Bonchev–Trinajstić information content (AvgIpc) is 3.05. The van der Waals surface area contributed by atoms with Crippen molar-refractivity contribution >= 4 is 11.6 Å². The number of rotatable bonds is 5. The first-order valence-corrected chi connectivity index (χ1v) is 8.79. The number of carbonyl (C=O) groups excluding carboxylic acids is 1. The summed E-state index contributed by atoms with van der Waals surface area (Å²) in [6.07, 6.45) is 0.933. The van der Waals surface area contributed by atoms with Gasteiger partial charge in [0.15, 0.2) is 0 Å². The molecule has 3 heteroatoms. The van der Waals surface area contributed by atoms with E-state index in [1.54, 1.807) is 0 Å². The van der Waals surface area contributed by atoms with Crippen molar-refractivity contribution in [3.05, 3.63) is 65.7 Å². The molecule has 126 valence electrons. The Balaban J connectivity index is 1.59. The maximum atomic E-state index is 12.6. The number of hydrogen-bond acceptors (Lipinski definition) is 2. The maximum absolute atomic E-state index is 12.6. The number of para-hydroxylation sites is 1. The third kappa shape index (κ3) is 4.04. The molecule has 1 saturated heterocycles. The molecule has 1 heterocycles. The van der Waals surface area contributed by atoms with Crippen molar-refractivity contribution in [2.45, 2.75) is 32.7 Å². The van der Waals surface area contributed by atoms with E-state index < -0.39 is 0 Å². The van der Waals surface area contributed by atoms with E-state index in [2.05, 4.69) is 54.4 Å². The fourth-order valence-corrected chi connectivity index (χ4v) is 3.38. The Hall–Kier alpha value is -2.13. The van der Waals surface area contributed by atoms with Gasteiger partial charge >= 0.3 is 0 Å². The summed E-state index contributed by atoms with van der Waals surface area (Å²) >= 11 is 0. The zero-order chi connectivity index (χ0) is 16.9. The van der Waals surface area contributed by atoms with Gasteiger partial charge < -0.3 is 5.32 Å². The van der Waals surface area contributed by atoms with Crippen LogP contribution in [0.4, 0.5) is 5.69 Å². The Morgan fingerprint density at radius 3 is 2.58 bits per heavy atom. The standard InChI is InChI=1S/C21H26N2O/c1-16(2)19-10-6-7-11-20(19)22-21(24)18-12-13-23(15-18)14-17-8-4-3-5-9-17/h3-11,16,18H,12-15H2,1-2H3,(H,22,24). The van der Waals surface area contributed by atoms with Crippen LogP contribution in [0.25, 0.3) is 0 Å². The molecular formula is C21H26N2O. The Morgan fingerprint density at radius 1 is 1.12 bits per heavy atom. The highest BCUT2D eigenvalue weighted by Crippen LogP contribution is 2.26. The third-order valence-electron chi connectivity index (χ3n) is 4.73. The molecule has 0 spiro atoms. The molecule has 24 heavy (non-hydrogen) atoms. The number of amides is 1. The molecule has 0 aliphatic carbocycles. The maximum Gasteiger partial charge on any atom is 0.228 e. The van der Waals surface area contributed by atoms with Crippen molar-refractivity contribution in [2.24, 2.45) is 5.92 Å². The second kappa shape index (κ2) is 7.63. The summed E-state index contributed by atoms with van der Waals surface area (Å²) in [5, 5.41) is 3.15. The molecule has 1 atom stereocenters. The minimum atomic E-state index is 0.0777. The number of carbonyl (C=O) groups is 1. The summed E-state index contributed by atoms with van der Waals surface area (Å²) in [5.74, 6) is 0.632. The molecule has 1 fully saturated rings. The molecule has 0 radical (unpaired) electrons. The molecule has 1 unspecified atom stereocenters. The van der Waals surface area contributed by atoms with Gasteiger partial charge in [-0.2, -0.15) is 0 Å². The molecule has 1 amide bonds. The molecule has 3 nitrogen and oxygen atoms in total. The topological polar surface area (TPSA) is 32.3 Å². The van der Waals surface area contributed by atoms with Crippen molar-refractivity contribution in [1.29, 1.82) is 0 Å². The molecular weight excluding hydrogens is 296 g/mol. The zero-order valence-electron chi connectivity index (χ0n) is 14.5. The van der Waals surface area contributed by atoms with Gasteiger partial charge in [-0.15, -0.1) is 0 Å². The normalized spacial score (nSPS) is 18.0. The van der Waals surface area contributed by atoms with Gasteiger partial charge in [0.05, 0.1) is 5.92 Å². The van der Waals surface area contributed by atoms with Gasteiger partial charge in [0.1, 0.15) is 0 Å². The summed E-state index contributed by atoms with van der Waals surface area (Å²) in [5.41, 5.74) is 3.47. The van der Waals surface area contributed by atoms with Crippen LogP contribution in [0.2, 0.25) is 0 Å². The monoisotopic (exact) mass is 322 g/mol. The van der Waals surface area contributed by atoms with Crippen LogP contribution in [0, 0.1) is 5.92 Å². The van der Waals surface area contributed by atoms with Crippen LogP contribution in [0.5, 0.6) is 0 Å². The fraction of sp³-hybridized carbons (Fsp3) is 0.381. The minimum absolute atomic E-state index is 0.0777. The van der Waals surface area contributed by atoms with Crippen LogP contribution in [0.1, 0.15) is 37.3 Å². The Labute approximate surface area is 144 Å². The summed E-state index contributed by atoms with van der Waals surface area (Å²) in [4.78, 5) is 15.0. The Morgan fingerprint density at radius 2 is 1.83 bits per heavy atom. The van der Waals surface area contributed by atoms with E-state index in [-0.39, 0.29) is 11.8 Å². The van der Waals surface area contributed by atoms with E-state index in [1.165, 1.54) is 11.1 Å². The molecule has 0 aromatic heterocycles. The van der Waals surface area contributed by atoms with Crippen LogP contribution in [-0.4, -0.2) is 23.9 Å². The van der Waals surface area contributed by atoms with E-state index in [9.17, 15) is 4.79 Å². The SMILES string of the molecule is CC(C)c1ccccc1NC(=O)C1CCN(Cc2ccccc2)C1. The molecule has 0 saturated carbocycles. The highest BCUT2D eigenvalue weighted by Gasteiger charge is 2.28. The Bertz CT molecular complexity index is 681. The summed E-state index contributed by atoms with van der Waals surface area (Å²) < 4.78 is 0. The average molecular weight is 322 g/mol. The van der Waals surface area contributed by atoms with Crippen molar-refractivity contribution in [1.82, 2.24) is 4.90 Å². The van der Waals surface area contributed by atoms with Crippen LogP contribution < -0.4 is 5.32 Å². The lowest BCUT2D eigenvalue weighted by Gasteiger charge is -2.17. The van der Waals surface area contributed by atoms with Gasteiger partial charge in [-0.3, -0.25) is 9.69 Å². The number of nitrogens with zero attached hydrogens (tertiary/aromatic N) is 1. The lowest BCUT2D eigenvalue weighted by atomic mass is 10.0. The van der Waals surface area contributed by atoms with Crippen molar-refractivity contribution in [3.8, 4) is 0 Å². The molecule has 2 aromatic rings. The number of likely N-dealkylation sites (tertiary alicyclic amines) is 1. The third-order valence-corrected chi connectivity index (χ3v) is 4.73. The highest BCUT2D eigenvalue weighted by atomic mass is 16.1. The first-order valence-electron chi connectivity index (χ1n) is 8.79. The van der Waals surface area contributed by atoms with Gasteiger partial charge in [0, 0.05) is 18.8 Å². The van der Waals surface area contributed by atoms with Gasteiger partial charge in [-0.05, 0) is 36.1 Å². The molecule has 3 rings (SSSR count). The van der Waals surface area contributed by atoms with Gasteiger partial charge in [-0.1, -0.05) is 62.4 Å². The smallest absolute Gasteiger partial charge is 0.228 e. The number of anilines is 1. The molecule has 1 aliphatic rings. The van der Waals surface area contributed by atoms with Crippen molar-refractivity contribution < 1.29 is 4.79 Å². The van der Waals surface area contributed by atoms with E-state index in [1.807, 2.05) is 24.3 Å². The molecule has 1 aliphatic heterocycles. The lowest BCUT2D eigenvalue weighted by Crippen LogP contribution is -2.27. The predicted octanol–water partition coefficient (Wildman–Crippen LogP) is 4.27. The summed E-state index contributed by atoms with van der Waals surface area (Å²) in [6.45, 7) is 7.06. The van der Waals surface area contributed by atoms with E-state index in [4.69, 9.17) is 0 Å². The first kappa shape index (κ1) is 16.7. The number of hydrogen-bond donors (Lipinski definition) is 1. The van der Waals surface area contributed by atoms with Crippen LogP contribution >= 0.6 is 0 Å². The van der Waals surface area contributed by atoms with Gasteiger partial charge in [0.25, 0.3) is 0 Å². The zero-order valence-corrected chi connectivity index (χ0v) is 14.5. The first-order chi connectivity index (χ1) is 11.6. The summed E-state index contributed by atoms with van der Waals surface area (Å²) in [7, 11) is 0. The Kier molecular flexibility index (Phi) is 5.31. The van der Waals surface area contributed by atoms with Crippen molar-refractivity contribution in [2.75, 3.05) is 18.4 Å².